The lowest BCUT2D eigenvalue weighted by Gasteiger charge is -2.22. The maximum Gasteiger partial charge on any atom is 0.148 e. The number of hydrogen-bond acceptors (Lipinski definition) is 5. The van der Waals surface area contributed by atoms with Gasteiger partial charge in [0, 0.05) is 30.0 Å². The molecule has 1 aromatic rings. The molecule has 0 aromatic heterocycles. The summed E-state index contributed by atoms with van der Waals surface area (Å²) >= 11 is 0. The van der Waals surface area contributed by atoms with Gasteiger partial charge in [-0.2, -0.15) is 0 Å². The molecule has 1 N–H and O–H groups in total. The molecule has 0 saturated carbocycles. The zero-order valence-corrected chi connectivity index (χ0v) is 13.5. The molecule has 0 amide bonds. The maximum atomic E-state index is 11.3. The minimum absolute atomic E-state index is 0.0207. The molecule has 0 aliphatic carbocycles. The Bertz CT molecular complexity index is 542. The Kier molecular flexibility index (Phi) is 5.83. The first-order chi connectivity index (χ1) is 9.26. The van der Waals surface area contributed by atoms with Gasteiger partial charge in [-0.25, -0.2) is 8.42 Å². The van der Waals surface area contributed by atoms with Crippen molar-refractivity contribution in [3.63, 3.8) is 0 Å². The van der Waals surface area contributed by atoms with Crippen LogP contribution in [-0.2, 0) is 9.84 Å². The van der Waals surface area contributed by atoms with E-state index in [2.05, 4.69) is 5.32 Å². The predicted octanol–water partition coefficient (Wildman–Crippen LogP) is 1.79. The van der Waals surface area contributed by atoms with E-state index in [0.29, 0.717) is 0 Å². The summed E-state index contributed by atoms with van der Waals surface area (Å²) in [6, 6.07) is 5.44. The van der Waals surface area contributed by atoms with Crippen molar-refractivity contribution in [3.8, 4) is 11.5 Å². The van der Waals surface area contributed by atoms with Gasteiger partial charge < -0.3 is 14.8 Å². The second kappa shape index (κ2) is 6.95. The minimum Gasteiger partial charge on any atom is -0.497 e. The second-order valence-corrected chi connectivity index (χ2v) is 7.17. The van der Waals surface area contributed by atoms with Crippen molar-refractivity contribution in [2.75, 3.05) is 26.2 Å². The number of rotatable bonds is 7. The van der Waals surface area contributed by atoms with Gasteiger partial charge in [0.25, 0.3) is 0 Å². The third-order valence-corrected chi connectivity index (χ3v) is 4.10. The van der Waals surface area contributed by atoms with Crippen molar-refractivity contribution in [2.24, 2.45) is 0 Å². The third-order valence-electron chi connectivity index (χ3n) is 2.99. The van der Waals surface area contributed by atoms with Crippen LogP contribution in [0.2, 0.25) is 0 Å². The van der Waals surface area contributed by atoms with Crippen LogP contribution in [0.1, 0.15) is 25.5 Å². The summed E-state index contributed by atoms with van der Waals surface area (Å²) in [6.07, 6.45) is 1.24. The van der Waals surface area contributed by atoms with Crippen molar-refractivity contribution in [1.82, 2.24) is 5.32 Å². The molecule has 2 atom stereocenters. The molecule has 20 heavy (non-hydrogen) atoms. The van der Waals surface area contributed by atoms with Crippen molar-refractivity contribution in [3.05, 3.63) is 23.8 Å². The molecule has 5 nitrogen and oxygen atoms in total. The van der Waals surface area contributed by atoms with Crippen LogP contribution in [0.15, 0.2) is 18.2 Å². The zero-order valence-electron chi connectivity index (χ0n) is 12.6. The highest BCUT2D eigenvalue weighted by Gasteiger charge is 2.17. The van der Waals surface area contributed by atoms with Gasteiger partial charge in [-0.1, -0.05) is 6.07 Å². The van der Waals surface area contributed by atoms with E-state index < -0.39 is 9.84 Å². The number of methoxy groups -OCH3 is 2. The number of hydrogen-bond donors (Lipinski definition) is 1. The average Bonchev–Trinajstić information content (AvgIpc) is 2.35. The molecule has 0 radical (unpaired) electrons. The fraction of sp³-hybridized carbons (Fsp3) is 0.571. The van der Waals surface area contributed by atoms with Crippen LogP contribution in [0.5, 0.6) is 11.5 Å². The van der Waals surface area contributed by atoms with E-state index in [1.165, 1.54) is 6.26 Å². The molecule has 0 heterocycles. The largest absolute Gasteiger partial charge is 0.497 e. The van der Waals surface area contributed by atoms with Gasteiger partial charge in [-0.3, -0.25) is 0 Å². The van der Waals surface area contributed by atoms with E-state index >= 15 is 0 Å². The lowest BCUT2D eigenvalue weighted by atomic mass is 10.1. The first-order valence-electron chi connectivity index (χ1n) is 6.42. The first kappa shape index (κ1) is 16.8. The van der Waals surface area contributed by atoms with E-state index in [9.17, 15) is 8.42 Å². The summed E-state index contributed by atoms with van der Waals surface area (Å²) < 4.78 is 33.1. The van der Waals surface area contributed by atoms with Crippen LogP contribution >= 0.6 is 0 Å². The minimum atomic E-state index is -2.99. The fourth-order valence-electron chi connectivity index (χ4n) is 2.19. The molecule has 1 rings (SSSR count). The maximum absolute atomic E-state index is 11.3. The third kappa shape index (κ3) is 5.02. The van der Waals surface area contributed by atoms with Gasteiger partial charge in [0.05, 0.1) is 20.0 Å². The molecule has 0 saturated heterocycles. The van der Waals surface area contributed by atoms with Crippen LogP contribution in [-0.4, -0.2) is 40.7 Å². The van der Waals surface area contributed by atoms with Gasteiger partial charge in [0.15, 0.2) is 0 Å². The quantitative estimate of drug-likeness (QED) is 0.832. The van der Waals surface area contributed by atoms with E-state index in [-0.39, 0.29) is 17.8 Å². The van der Waals surface area contributed by atoms with Crippen LogP contribution in [0.4, 0.5) is 0 Å². The highest BCUT2D eigenvalue weighted by Crippen LogP contribution is 2.29. The normalized spacial score (nSPS) is 14.7. The number of nitrogens with one attached hydrogen (secondary N) is 1. The highest BCUT2D eigenvalue weighted by molar-refractivity contribution is 7.90. The number of ether oxygens (including phenoxy) is 2. The average molecular weight is 301 g/mol. The summed E-state index contributed by atoms with van der Waals surface area (Å²) in [7, 11) is 0.212. The monoisotopic (exact) mass is 301 g/mol. The van der Waals surface area contributed by atoms with E-state index in [1.54, 1.807) is 14.2 Å². The Morgan fingerprint density at radius 1 is 1.20 bits per heavy atom. The van der Waals surface area contributed by atoms with Gasteiger partial charge in [0.1, 0.15) is 21.3 Å². The Balaban J connectivity index is 2.84. The lowest BCUT2D eigenvalue weighted by molar-refractivity contribution is 0.383. The molecule has 0 bridgehead atoms. The molecule has 0 aliphatic rings. The molecule has 0 spiro atoms. The Labute approximate surface area is 121 Å². The Morgan fingerprint density at radius 2 is 1.85 bits per heavy atom. The zero-order chi connectivity index (χ0) is 15.3. The molecule has 1 aromatic carbocycles. The van der Waals surface area contributed by atoms with Crippen molar-refractivity contribution < 1.29 is 17.9 Å². The Morgan fingerprint density at radius 3 is 2.35 bits per heavy atom. The lowest BCUT2D eigenvalue weighted by Crippen LogP contribution is -2.34. The highest BCUT2D eigenvalue weighted by atomic mass is 32.2. The molecular weight excluding hydrogens is 278 g/mol. The molecule has 0 aliphatic heterocycles. The predicted molar refractivity (Wildman–Crippen MR) is 80.3 cm³/mol. The van der Waals surface area contributed by atoms with Gasteiger partial charge >= 0.3 is 0 Å². The van der Waals surface area contributed by atoms with Crippen molar-refractivity contribution in [1.29, 1.82) is 0 Å². The summed E-state index contributed by atoms with van der Waals surface area (Å²) in [5.74, 6) is 1.55. The molecule has 6 heteroatoms. The number of benzene rings is 1. The van der Waals surface area contributed by atoms with Gasteiger partial charge in [0.2, 0.25) is 0 Å². The SMILES string of the molecule is COc1ccc(C(C)NC(C)CS(C)(=O)=O)c(OC)c1. The molecule has 114 valence electrons. The fourth-order valence-corrected chi connectivity index (χ4v) is 3.20. The standard InChI is InChI=1S/C14H23NO4S/c1-10(9-20(5,16)17)15-11(2)13-7-6-12(18-3)8-14(13)19-4/h6-8,10-11,15H,9H2,1-5H3. The Hall–Kier alpha value is -1.27. The van der Waals surface area contributed by atoms with Crippen LogP contribution in [0.25, 0.3) is 0 Å². The molecule has 0 fully saturated rings. The summed E-state index contributed by atoms with van der Waals surface area (Å²) in [5.41, 5.74) is 0.966. The van der Waals surface area contributed by atoms with Crippen LogP contribution in [0, 0.1) is 0 Å². The van der Waals surface area contributed by atoms with Crippen molar-refractivity contribution in [2.45, 2.75) is 25.9 Å². The van der Waals surface area contributed by atoms with E-state index in [4.69, 9.17) is 9.47 Å². The van der Waals surface area contributed by atoms with Crippen molar-refractivity contribution >= 4 is 9.84 Å². The topological polar surface area (TPSA) is 64.6 Å². The second-order valence-electron chi connectivity index (χ2n) is 4.99. The summed E-state index contributed by atoms with van der Waals surface area (Å²) in [4.78, 5) is 0. The summed E-state index contributed by atoms with van der Waals surface area (Å²) in [6.45, 7) is 3.83. The van der Waals surface area contributed by atoms with E-state index in [1.807, 2.05) is 32.0 Å². The smallest absolute Gasteiger partial charge is 0.148 e. The van der Waals surface area contributed by atoms with Crippen LogP contribution in [0.3, 0.4) is 0 Å². The molecular formula is C14H23NO4S. The van der Waals surface area contributed by atoms with Gasteiger partial charge in [-0.15, -0.1) is 0 Å². The summed E-state index contributed by atoms with van der Waals surface area (Å²) in [5, 5.41) is 3.26. The molecule has 2 unspecified atom stereocenters. The van der Waals surface area contributed by atoms with Crippen LogP contribution < -0.4 is 14.8 Å². The number of sulfone groups is 1. The van der Waals surface area contributed by atoms with E-state index in [0.717, 1.165) is 17.1 Å². The first-order valence-corrected chi connectivity index (χ1v) is 8.48. The van der Waals surface area contributed by atoms with Gasteiger partial charge in [-0.05, 0) is 19.9 Å².